The van der Waals surface area contributed by atoms with E-state index in [-0.39, 0.29) is 0 Å². The summed E-state index contributed by atoms with van der Waals surface area (Å²) in [4.78, 5) is 0. The van der Waals surface area contributed by atoms with Gasteiger partial charge in [0.1, 0.15) is 6.33 Å². The molecule has 0 unspecified atom stereocenters. The highest BCUT2D eigenvalue weighted by atomic mass is 35.5. The molecule has 0 N–H and O–H groups in total. The second kappa shape index (κ2) is 5.03. The number of halogens is 2. The van der Waals surface area contributed by atoms with Crippen LogP contribution in [0.4, 0.5) is 0 Å². The zero-order valence-electron chi connectivity index (χ0n) is 9.79. The molecule has 0 radical (unpaired) electrons. The lowest BCUT2D eigenvalue weighted by Crippen LogP contribution is -1.97. The van der Waals surface area contributed by atoms with Gasteiger partial charge >= 0.3 is 0 Å². The molecule has 2 aromatic carbocycles. The first-order valence-corrected chi connectivity index (χ1v) is 6.43. The average Bonchev–Trinajstić information content (AvgIpc) is 2.89. The van der Waals surface area contributed by atoms with E-state index < -0.39 is 0 Å². The Labute approximate surface area is 120 Å². The third-order valence-electron chi connectivity index (χ3n) is 2.77. The van der Waals surface area contributed by atoms with Gasteiger partial charge in [-0.2, -0.15) is 0 Å². The van der Waals surface area contributed by atoms with Gasteiger partial charge in [0.15, 0.2) is 5.82 Å². The van der Waals surface area contributed by atoms with Crippen LogP contribution in [0.25, 0.3) is 17.1 Å². The number of benzene rings is 2. The molecule has 1 heterocycles. The largest absolute Gasteiger partial charge is 0.280 e. The number of hydrogen-bond donors (Lipinski definition) is 0. The molecule has 1 aromatic heterocycles. The van der Waals surface area contributed by atoms with Crippen molar-refractivity contribution in [2.45, 2.75) is 0 Å². The van der Waals surface area contributed by atoms with Gasteiger partial charge in [0.05, 0.1) is 15.7 Å². The van der Waals surface area contributed by atoms with Crippen molar-refractivity contribution >= 4 is 23.2 Å². The van der Waals surface area contributed by atoms with E-state index in [1.807, 2.05) is 53.1 Å². The number of para-hydroxylation sites is 1. The molecule has 3 rings (SSSR count). The Kier molecular flexibility index (Phi) is 3.23. The van der Waals surface area contributed by atoms with Crippen LogP contribution in [0, 0.1) is 0 Å². The molecule has 0 atom stereocenters. The van der Waals surface area contributed by atoms with Crippen LogP contribution in [0.2, 0.25) is 10.0 Å². The minimum absolute atomic E-state index is 0.629. The Bertz CT molecular complexity index is 662. The van der Waals surface area contributed by atoms with E-state index in [0.29, 0.717) is 15.9 Å². The summed E-state index contributed by atoms with van der Waals surface area (Å²) in [5.41, 5.74) is 1.64. The van der Waals surface area contributed by atoms with Crippen LogP contribution in [0.15, 0.2) is 54.9 Å². The summed E-state index contributed by atoms with van der Waals surface area (Å²) in [6.07, 6.45) is 1.62. The van der Waals surface area contributed by atoms with Crippen LogP contribution >= 0.6 is 23.2 Å². The smallest absolute Gasteiger partial charge is 0.169 e. The maximum absolute atomic E-state index is 6.21. The van der Waals surface area contributed by atoms with Crippen LogP contribution in [0.5, 0.6) is 0 Å². The second-order valence-corrected chi connectivity index (χ2v) is 4.77. The van der Waals surface area contributed by atoms with Crippen molar-refractivity contribution in [1.82, 2.24) is 14.8 Å². The molecule has 0 fully saturated rings. The Morgan fingerprint density at radius 2 is 1.53 bits per heavy atom. The molecule has 0 aliphatic heterocycles. The monoisotopic (exact) mass is 289 g/mol. The van der Waals surface area contributed by atoms with Gasteiger partial charge in [-0.25, -0.2) is 0 Å². The summed E-state index contributed by atoms with van der Waals surface area (Å²) in [6, 6.07) is 15.0. The molecule has 0 aliphatic rings. The van der Waals surface area contributed by atoms with E-state index in [1.54, 1.807) is 6.33 Å². The van der Waals surface area contributed by atoms with Crippen molar-refractivity contribution in [1.29, 1.82) is 0 Å². The molecular formula is C14H9Cl2N3. The predicted octanol–water partition coefficient (Wildman–Crippen LogP) is 4.24. The Morgan fingerprint density at radius 3 is 2.26 bits per heavy atom. The molecule has 0 saturated heterocycles. The molecule has 5 heteroatoms. The zero-order valence-corrected chi connectivity index (χ0v) is 11.3. The van der Waals surface area contributed by atoms with Gasteiger partial charge in [-0.15, -0.1) is 10.2 Å². The highest BCUT2D eigenvalue weighted by Crippen LogP contribution is 2.29. The van der Waals surface area contributed by atoms with Crippen molar-refractivity contribution in [2.24, 2.45) is 0 Å². The summed E-state index contributed by atoms with van der Waals surface area (Å²) in [5.74, 6) is 0.665. The van der Waals surface area contributed by atoms with Gasteiger partial charge in [0, 0.05) is 5.56 Å². The molecule has 3 aromatic rings. The van der Waals surface area contributed by atoms with Crippen molar-refractivity contribution in [3.8, 4) is 17.1 Å². The lowest BCUT2D eigenvalue weighted by atomic mass is 10.2. The minimum Gasteiger partial charge on any atom is -0.280 e. The van der Waals surface area contributed by atoms with Gasteiger partial charge in [0.25, 0.3) is 0 Å². The quantitative estimate of drug-likeness (QED) is 0.706. The summed E-state index contributed by atoms with van der Waals surface area (Å²) in [6.45, 7) is 0. The fraction of sp³-hybridized carbons (Fsp3) is 0. The third-order valence-corrected chi connectivity index (χ3v) is 3.42. The van der Waals surface area contributed by atoms with Crippen molar-refractivity contribution in [3.05, 3.63) is 64.9 Å². The SMILES string of the molecule is Clc1ccccc1-c1nncn1-c1ccccc1Cl. The maximum atomic E-state index is 6.21. The summed E-state index contributed by atoms with van der Waals surface area (Å²) in [5, 5.41) is 9.35. The van der Waals surface area contributed by atoms with Crippen LogP contribution in [0.1, 0.15) is 0 Å². The van der Waals surface area contributed by atoms with Gasteiger partial charge in [-0.05, 0) is 24.3 Å². The number of nitrogens with zero attached hydrogens (tertiary/aromatic N) is 3. The molecule has 0 amide bonds. The van der Waals surface area contributed by atoms with E-state index >= 15 is 0 Å². The topological polar surface area (TPSA) is 30.7 Å². The normalized spacial score (nSPS) is 10.6. The van der Waals surface area contributed by atoms with Crippen LogP contribution in [-0.2, 0) is 0 Å². The van der Waals surface area contributed by atoms with Gasteiger partial charge in [-0.1, -0.05) is 47.5 Å². The van der Waals surface area contributed by atoms with E-state index in [4.69, 9.17) is 23.2 Å². The number of rotatable bonds is 2. The predicted molar refractivity (Wildman–Crippen MR) is 76.8 cm³/mol. The average molecular weight is 290 g/mol. The lowest BCUT2D eigenvalue weighted by molar-refractivity contribution is 1.06. The first-order valence-electron chi connectivity index (χ1n) is 5.67. The second-order valence-electron chi connectivity index (χ2n) is 3.96. The summed E-state index contributed by atoms with van der Waals surface area (Å²) in [7, 11) is 0. The lowest BCUT2D eigenvalue weighted by Gasteiger charge is -2.09. The summed E-state index contributed by atoms with van der Waals surface area (Å²) < 4.78 is 1.82. The fourth-order valence-electron chi connectivity index (χ4n) is 1.88. The molecule has 0 spiro atoms. The molecule has 19 heavy (non-hydrogen) atoms. The maximum Gasteiger partial charge on any atom is 0.169 e. The van der Waals surface area contributed by atoms with Crippen molar-refractivity contribution in [3.63, 3.8) is 0 Å². The fourth-order valence-corrected chi connectivity index (χ4v) is 2.33. The van der Waals surface area contributed by atoms with Gasteiger partial charge in [0.2, 0.25) is 0 Å². The molecular weight excluding hydrogens is 281 g/mol. The highest BCUT2D eigenvalue weighted by Gasteiger charge is 2.13. The molecule has 3 nitrogen and oxygen atoms in total. The van der Waals surface area contributed by atoms with Gasteiger partial charge in [-0.3, -0.25) is 4.57 Å². The number of hydrogen-bond acceptors (Lipinski definition) is 2. The Balaban J connectivity index is 2.20. The first kappa shape index (κ1) is 12.2. The van der Waals surface area contributed by atoms with Crippen LogP contribution in [0.3, 0.4) is 0 Å². The van der Waals surface area contributed by atoms with E-state index in [2.05, 4.69) is 10.2 Å². The Morgan fingerprint density at radius 1 is 0.842 bits per heavy atom. The third kappa shape index (κ3) is 2.23. The van der Waals surface area contributed by atoms with Crippen LogP contribution in [-0.4, -0.2) is 14.8 Å². The first-order chi connectivity index (χ1) is 9.27. The van der Waals surface area contributed by atoms with E-state index in [0.717, 1.165) is 11.3 Å². The zero-order chi connectivity index (χ0) is 13.2. The van der Waals surface area contributed by atoms with Crippen molar-refractivity contribution in [2.75, 3.05) is 0 Å². The minimum atomic E-state index is 0.629. The Hall–Kier alpha value is -1.84. The molecule has 0 aliphatic carbocycles. The standard InChI is InChI=1S/C14H9Cl2N3/c15-11-6-2-1-5-10(11)14-18-17-9-19(14)13-8-4-3-7-12(13)16/h1-9H. The van der Waals surface area contributed by atoms with Crippen molar-refractivity contribution < 1.29 is 0 Å². The highest BCUT2D eigenvalue weighted by molar-refractivity contribution is 6.33. The van der Waals surface area contributed by atoms with E-state index in [1.165, 1.54) is 0 Å². The summed E-state index contributed by atoms with van der Waals surface area (Å²) >= 11 is 12.4. The molecule has 0 bridgehead atoms. The van der Waals surface area contributed by atoms with Crippen LogP contribution < -0.4 is 0 Å². The molecule has 0 saturated carbocycles. The molecule has 94 valence electrons. The van der Waals surface area contributed by atoms with Gasteiger partial charge < -0.3 is 0 Å². The van der Waals surface area contributed by atoms with E-state index in [9.17, 15) is 0 Å². The number of aromatic nitrogens is 3.